The van der Waals surface area contributed by atoms with Gasteiger partial charge in [0.2, 0.25) is 0 Å². The van der Waals surface area contributed by atoms with Crippen LogP contribution in [0.3, 0.4) is 0 Å². The summed E-state index contributed by atoms with van der Waals surface area (Å²) in [6.45, 7) is 1.02. The number of ether oxygens (including phenoxy) is 2. The normalized spacial score (nSPS) is 15.6. The van der Waals surface area contributed by atoms with Crippen molar-refractivity contribution in [3.8, 4) is 11.5 Å². The van der Waals surface area contributed by atoms with Crippen molar-refractivity contribution in [3.05, 3.63) is 58.0 Å². The summed E-state index contributed by atoms with van der Waals surface area (Å²) in [6.07, 6.45) is 1.65. The highest BCUT2D eigenvalue weighted by molar-refractivity contribution is 8.27. The van der Waals surface area contributed by atoms with Gasteiger partial charge < -0.3 is 9.47 Å². The molecule has 0 aromatic heterocycles. The number of alkyl halides is 2. The molecule has 8 heteroatoms. The third kappa shape index (κ3) is 4.18. The molecule has 1 amide bonds. The zero-order valence-corrected chi connectivity index (χ0v) is 17.0. The van der Waals surface area contributed by atoms with Crippen molar-refractivity contribution in [3.63, 3.8) is 0 Å². The Kier molecular flexibility index (Phi) is 6.00. The Hall–Kier alpha value is -2.45. The molecule has 28 heavy (non-hydrogen) atoms. The molecule has 1 saturated heterocycles. The van der Waals surface area contributed by atoms with Gasteiger partial charge in [-0.3, -0.25) is 9.69 Å². The van der Waals surface area contributed by atoms with Crippen molar-refractivity contribution < 1.29 is 23.0 Å². The van der Waals surface area contributed by atoms with E-state index in [4.69, 9.17) is 17.0 Å². The van der Waals surface area contributed by atoms with Gasteiger partial charge in [-0.05, 0) is 60.9 Å². The van der Waals surface area contributed by atoms with Gasteiger partial charge in [-0.15, -0.1) is 0 Å². The fourth-order valence-corrected chi connectivity index (χ4v) is 3.97. The minimum Gasteiger partial charge on any atom is -0.493 e. The molecule has 0 aliphatic carbocycles. The summed E-state index contributed by atoms with van der Waals surface area (Å²) in [5.74, 6) is -0.152. The van der Waals surface area contributed by atoms with Gasteiger partial charge in [-0.25, -0.2) is 0 Å². The lowest BCUT2D eigenvalue weighted by atomic mass is 10.1. The first-order valence-corrected chi connectivity index (χ1v) is 9.50. The number of nitrogens with zero attached hydrogens (tertiary/aromatic N) is 1. The molecule has 0 atom stereocenters. The Balaban J connectivity index is 1.90. The maximum absolute atomic E-state index is 12.9. The lowest BCUT2D eigenvalue weighted by molar-refractivity contribution is -0.113. The Morgan fingerprint density at radius 1 is 1.11 bits per heavy atom. The minimum absolute atomic E-state index is 0.0719. The van der Waals surface area contributed by atoms with Crippen LogP contribution in [0.2, 0.25) is 0 Å². The molecule has 0 spiro atoms. The lowest BCUT2D eigenvalue weighted by Gasteiger charge is -2.16. The molecule has 0 saturated carbocycles. The molecule has 146 valence electrons. The highest BCUT2D eigenvalue weighted by Crippen LogP contribution is 2.37. The number of aryl methyl sites for hydroxylation is 2. The van der Waals surface area contributed by atoms with Gasteiger partial charge in [-0.1, -0.05) is 36.1 Å². The summed E-state index contributed by atoms with van der Waals surface area (Å²) in [5.41, 5.74) is 3.52. The second-order valence-electron chi connectivity index (χ2n) is 6.07. The van der Waals surface area contributed by atoms with Crippen LogP contribution in [-0.2, 0) is 4.79 Å². The number of benzene rings is 2. The number of hydrogen-bond acceptors (Lipinski definition) is 5. The first-order valence-electron chi connectivity index (χ1n) is 8.28. The molecule has 1 aliphatic heterocycles. The number of carbonyl (C=O) groups excluding carboxylic acids is 1. The zero-order valence-electron chi connectivity index (χ0n) is 15.4. The van der Waals surface area contributed by atoms with E-state index in [1.165, 1.54) is 35.9 Å². The van der Waals surface area contributed by atoms with E-state index in [-0.39, 0.29) is 17.4 Å². The van der Waals surface area contributed by atoms with Gasteiger partial charge in [0.25, 0.3) is 5.91 Å². The average molecular weight is 421 g/mol. The van der Waals surface area contributed by atoms with Gasteiger partial charge in [0.15, 0.2) is 15.8 Å². The van der Waals surface area contributed by atoms with Crippen LogP contribution in [0.25, 0.3) is 6.08 Å². The fraction of sp³-hybridized carbons (Fsp3) is 0.200. The van der Waals surface area contributed by atoms with E-state index in [2.05, 4.69) is 4.74 Å². The third-order valence-corrected chi connectivity index (χ3v) is 5.55. The Bertz CT molecular complexity index is 976. The first-order chi connectivity index (χ1) is 13.3. The minimum atomic E-state index is -2.95. The number of rotatable bonds is 5. The average Bonchev–Trinajstić information content (AvgIpc) is 2.92. The molecule has 2 aromatic rings. The first kappa shape index (κ1) is 20.3. The summed E-state index contributed by atoms with van der Waals surface area (Å²) in [4.78, 5) is 14.8. The highest BCUT2D eigenvalue weighted by Gasteiger charge is 2.33. The molecule has 0 radical (unpaired) electrons. The molecule has 1 heterocycles. The summed E-state index contributed by atoms with van der Waals surface area (Å²) in [6, 6.07) is 10.2. The van der Waals surface area contributed by atoms with E-state index < -0.39 is 6.61 Å². The van der Waals surface area contributed by atoms with Crippen LogP contribution in [-0.4, -0.2) is 23.9 Å². The topological polar surface area (TPSA) is 38.8 Å². The monoisotopic (exact) mass is 421 g/mol. The van der Waals surface area contributed by atoms with Gasteiger partial charge in [0.05, 0.1) is 17.7 Å². The highest BCUT2D eigenvalue weighted by atomic mass is 32.2. The van der Waals surface area contributed by atoms with Crippen LogP contribution in [0.1, 0.15) is 16.7 Å². The molecule has 3 rings (SSSR count). The van der Waals surface area contributed by atoms with E-state index >= 15 is 0 Å². The van der Waals surface area contributed by atoms with Crippen molar-refractivity contribution in [1.29, 1.82) is 0 Å². The SMILES string of the molecule is COc1cc(/C=C2\SC(=S)N(c3ccc(C)c(C)c3)C2=O)ccc1OC(F)F. The molecule has 2 aromatic carbocycles. The molecule has 1 aliphatic rings. The molecule has 1 fully saturated rings. The second kappa shape index (κ2) is 8.28. The number of carbonyl (C=O) groups is 1. The number of hydrogen-bond donors (Lipinski definition) is 0. The predicted molar refractivity (Wildman–Crippen MR) is 111 cm³/mol. The molecular formula is C20H17F2NO3S2. The summed E-state index contributed by atoms with van der Waals surface area (Å²) in [5, 5.41) is 0. The van der Waals surface area contributed by atoms with Crippen molar-refractivity contribution in [2.24, 2.45) is 0 Å². The number of thiocarbonyl (C=S) groups is 1. The number of methoxy groups -OCH3 is 1. The van der Waals surface area contributed by atoms with E-state index in [9.17, 15) is 13.6 Å². The second-order valence-corrected chi connectivity index (χ2v) is 7.75. The Morgan fingerprint density at radius 2 is 1.86 bits per heavy atom. The number of amides is 1. The van der Waals surface area contributed by atoms with Gasteiger partial charge in [0, 0.05) is 0 Å². The predicted octanol–water partition coefficient (Wildman–Crippen LogP) is 5.32. The zero-order chi connectivity index (χ0) is 20.4. The Labute approximate surface area is 171 Å². The largest absolute Gasteiger partial charge is 0.493 e. The lowest BCUT2D eigenvalue weighted by Crippen LogP contribution is -2.27. The van der Waals surface area contributed by atoms with Crippen LogP contribution in [0.5, 0.6) is 11.5 Å². The number of thioether (sulfide) groups is 1. The smallest absolute Gasteiger partial charge is 0.387 e. The van der Waals surface area contributed by atoms with E-state index in [1.807, 2.05) is 32.0 Å². The van der Waals surface area contributed by atoms with Crippen LogP contribution in [0, 0.1) is 13.8 Å². The summed E-state index contributed by atoms with van der Waals surface area (Å²) < 4.78 is 34.9. The van der Waals surface area contributed by atoms with Gasteiger partial charge in [0.1, 0.15) is 0 Å². The van der Waals surface area contributed by atoms with Crippen LogP contribution in [0.15, 0.2) is 41.3 Å². The van der Waals surface area contributed by atoms with Crippen LogP contribution < -0.4 is 14.4 Å². The maximum atomic E-state index is 12.9. The fourth-order valence-electron chi connectivity index (χ4n) is 2.67. The van der Waals surface area contributed by atoms with Crippen molar-refractivity contribution in [1.82, 2.24) is 0 Å². The van der Waals surface area contributed by atoms with Crippen molar-refractivity contribution >= 4 is 46.0 Å². The molecule has 0 unspecified atom stereocenters. The van der Waals surface area contributed by atoms with Crippen molar-refractivity contribution in [2.75, 3.05) is 12.0 Å². The third-order valence-electron chi connectivity index (χ3n) is 4.24. The maximum Gasteiger partial charge on any atom is 0.387 e. The van der Waals surface area contributed by atoms with E-state index in [1.54, 1.807) is 12.1 Å². The van der Waals surface area contributed by atoms with Crippen molar-refractivity contribution in [2.45, 2.75) is 20.5 Å². The Morgan fingerprint density at radius 3 is 2.50 bits per heavy atom. The van der Waals surface area contributed by atoms with Gasteiger partial charge in [-0.2, -0.15) is 8.78 Å². The molecular weight excluding hydrogens is 404 g/mol. The number of halogens is 2. The standard InChI is InChI=1S/C20H17F2NO3S2/c1-11-4-6-14(8-12(11)2)23-18(24)17(28-20(23)27)10-13-5-7-15(26-19(21)22)16(9-13)25-3/h4-10,19H,1-3H3/b17-10-. The summed E-state index contributed by atoms with van der Waals surface area (Å²) >= 11 is 6.57. The van der Waals surface area contributed by atoms with Crippen LogP contribution >= 0.6 is 24.0 Å². The summed E-state index contributed by atoms with van der Waals surface area (Å²) in [7, 11) is 1.36. The van der Waals surface area contributed by atoms with E-state index in [0.717, 1.165) is 11.1 Å². The quantitative estimate of drug-likeness (QED) is 0.483. The van der Waals surface area contributed by atoms with E-state index in [0.29, 0.717) is 20.5 Å². The molecule has 4 nitrogen and oxygen atoms in total. The van der Waals surface area contributed by atoms with Crippen LogP contribution in [0.4, 0.5) is 14.5 Å². The molecule has 0 bridgehead atoms. The molecule has 0 N–H and O–H groups in total. The number of anilines is 1. The van der Waals surface area contributed by atoms with Gasteiger partial charge >= 0.3 is 6.61 Å².